The number of benzene rings is 3. The van der Waals surface area contributed by atoms with Crippen molar-refractivity contribution in [2.24, 2.45) is 5.92 Å². The third kappa shape index (κ3) is 7.29. The van der Waals surface area contributed by atoms with Crippen molar-refractivity contribution < 1.29 is 22.7 Å². The second-order valence-electron chi connectivity index (χ2n) is 11.3. The van der Waals surface area contributed by atoms with Crippen molar-refractivity contribution in [3.05, 3.63) is 66.5 Å². The first-order valence-electron chi connectivity index (χ1n) is 14.8. The van der Waals surface area contributed by atoms with Crippen LogP contribution in [0.5, 0.6) is 5.75 Å². The van der Waals surface area contributed by atoms with E-state index >= 15 is 4.39 Å². The zero-order valence-electron chi connectivity index (χ0n) is 24.9. The van der Waals surface area contributed by atoms with Crippen molar-refractivity contribution in [3.8, 4) is 28.3 Å². The van der Waals surface area contributed by atoms with Crippen molar-refractivity contribution in [2.45, 2.75) is 58.4 Å². The van der Waals surface area contributed by atoms with Gasteiger partial charge in [-0.05, 0) is 72.9 Å². The third-order valence-electron chi connectivity index (χ3n) is 7.56. The molecule has 0 unspecified atom stereocenters. The topological polar surface area (TPSA) is 108 Å². The quantitative estimate of drug-likeness (QED) is 0.170. The Kier molecular flexibility index (Phi) is 9.36. The molecule has 0 atom stereocenters. The maximum absolute atomic E-state index is 16.2. The lowest BCUT2D eigenvalue weighted by Gasteiger charge is -2.40. The second kappa shape index (κ2) is 13.4. The summed E-state index contributed by atoms with van der Waals surface area (Å²) in [5.74, 6) is -2.15. The summed E-state index contributed by atoms with van der Waals surface area (Å²) in [6.07, 6.45) is 0.0148. The number of hydrogen-bond donors (Lipinski definition) is 3. The summed E-state index contributed by atoms with van der Waals surface area (Å²) in [7, 11) is 0. The smallest absolute Gasteiger partial charge is 0.323 e. The van der Waals surface area contributed by atoms with Gasteiger partial charge >= 0.3 is 6.03 Å². The number of aromatic nitrogens is 4. The molecule has 4 aromatic rings. The summed E-state index contributed by atoms with van der Waals surface area (Å²) in [4.78, 5) is 15.3. The van der Waals surface area contributed by atoms with Crippen LogP contribution in [-0.4, -0.2) is 51.8 Å². The lowest BCUT2D eigenvalue weighted by molar-refractivity contribution is -0.0382. The van der Waals surface area contributed by atoms with Crippen LogP contribution in [0.1, 0.15) is 46.5 Å². The number of carbonyl (C=O) groups is 1. The predicted molar refractivity (Wildman–Crippen MR) is 165 cm³/mol. The number of nitrogens with one attached hydrogen (secondary N) is 3. The first-order valence-corrected chi connectivity index (χ1v) is 14.8. The first kappa shape index (κ1) is 30.8. The number of H-pyrrole nitrogens is 1. The number of halogens is 3. The maximum Gasteiger partial charge on any atom is 0.323 e. The van der Waals surface area contributed by atoms with Crippen LogP contribution in [0.2, 0.25) is 0 Å². The van der Waals surface area contributed by atoms with Gasteiger partial charge in [0.2, 0.25) is 11.7 Å². The number of rotatable bonds is 10. The standard InChI is InChI=1S/C32H36F3N7O2/c1-4-44-23-11-9-21(10-12-23)36-31(43)37-28-17-26(24-7-5-6-8-25(24)30-38-40-41-39-30)27(33)18-29(28)42(19-20(2)3)22-13-15-32(34,35)16-14-22/h5-12,17-18,20,22H,4,13-16,19H2,1-3H3,(H2,36,37,43)(H,38,39,40,41). The van der Waals surface area contributed by atoms with E-state index < -0.39 is 17.8 Å². The number of anilines is 3. The van der Waals surface area contributed by atoms with Crippen molar-refractivity contribution >= 4 is 23.1 Å². The highest BCUT2D eigenvalue weighted by Crippen LogP contribution is 2.42. The lowest BCUT2D eigenvalue weighted by atomic mass is 9.89. The molecule has 9 nitrogen and oxygen atoms in total. The number of aromatic amines is 1. The normalized spacial score (nSPS) is 14.8. The minimum atomic E-state index is -2.72. The van der Waals surface area contributed by atoms with Crippen molar-refractivity contribution in [1.29, 1.82) is 0 Å². The van der Waals surface area contributed by atoms with Gasteiger partial charge < -0.3 is 20.3 Å². The molecular formula is C32H36F3N7O2. The fourth-order valence-electron chi connectivity index (χ4n) is 5.56. The molecule has 0 aliphatic heterocycles. The monoisotopic (exact) mass is 607 g/mol. The molecule has 44 heavy (non-hydrogen) atoms. The van der Waals surface area contributed by atoms with Crippen LogP contribution in [0.4, 0.5) is 35.0 Å². The fourth-order valence-corrected chi connectivity index (χ4v) is 5.56. The van der Waals surface area contributed by atoms with Crippen LogP contribution in [-0.2, 0) is 0 Å². The molecule has 5 rings (SSSR count). The molecule has 1 aliphatic rings. The summed E-state index contributed by atoms with van der Waals surface area (Å²) >= 11 is 0. The van der Waals surface area contributed by atoms with Gasteiger partial charge in [0.1, 0.15) is 11.6 Å². The largest absolute Gasteiger partial charge is 0.494 e. The Labute approximate surface area is 254 Å². The highest BCUT2D eigenvalue weighted by Gasteiger charge is 2.38. The Hall–Kier alpha value is -4.61. The van der Waals surface area contributed by atoms with Gasteiger partial charge in [-0.3, -0.25) is 0 Å². The average Bonchev–Trinajstić information content (AvgIpc) is 3.53. The van der Waals surface area contributed by atoms with E-state index in [4.69, 9.17) is 4.74 Å². The first-order chi connectivity index (χ1) is 21.1. The van der Waals surface area contributed by atoms with Crippen molar-refractivity contribution in [3.63, 3.8) is 0 Å². The van der Waals surface area contributed by atoms with Crippen LogP contribution in [0.3, 0.4) is 0 Å². The molecule has 1 saturated carbocycles. The SMILES string of the molecule is CCOc1ccc(NC(=O)Nc2cc(-c3ccccc3-c3nn[nH]n3)c(F)cc2N(CC(C)C)C2CCC(F)(F)CC2)cc1. The number of nitrogens with zero attached hydrogens (tertiary/aromatic N) is 4. The van der Waals surface area contributed by atoms with Gasteiger partial charge in [-0.15, -0.1) is 10.2 Å². The second-order valence-corrected chi connectivity index (χ2v) is 11.3. The summed E-state index contributed by atoms with van der Waals surface area (Å²) in [5.41, 5.74) is 2.56. The third-order valence-corrected chi connectivity index (χ3v) is 7.56. The number of tetrazole rings is 1. The van der Waals surface area contributed by atoms with Gasteiger partial charge in [0.05, 0.1) is 18.0 Å². The summed E-state index contributed by atoms with van der Waals surface area (Å²) in [6, 6.07) is 16.1. The number of ether oxygens (including phenoxy) is 1. The number of hydrogen-bond acceptors (Lipinski definition) is 6. The minimum Gasteiger partial charge on any atom is -0.494 e. The highest BCUT2D eigenvalue weighted by molar-refractivity contribution is 6.03. The molecule has 1 heterocycles. The Morgan fingerprint density at radius 3 is 2.39 bits per heavy atom. The molecule has 3 N–H and O–H groups in total. The molecule has 12 heteroatoms. The average molecular weight is 608 g/mol. The van der Waals surface area contributed by atoms with Gasteiger partial charge in [0, 0.05) is 42.2 Å². The number of amides is 2. The number of urea groups is 1. The summed E-state index contributed by atoms with van der Waals surface area (Å²) in [6.45, 7) is 6.92. The summed E-state index contributed by atoms with van der Waals surface area (Å²) in [5, 5.41) is 19.9. The van der Waals surface area contributed by atoms with E-state index in [-0.39, 0.29) is 49.0 Å². The van der Waals surface area contributed by atoms with Crippen LogP contribution >= 0.6 is 0 Å². The van der Waals surface area contributed by atoms with Crippen LogP contribution < -0.4 is 20.3 Å². The van der Waals surface area contributed by atoms with Gasteiger partial charge in [0.25, 0.3) is 0 Å². The van der Waals surface area contributed by atoms with Crippen LogP contribution in [0.15, 0.2) is 60.7 Å². The molecule has 232 valence electrons. The predicted octanol–water partition coefficient (Wildman–Crippen LogP) is 7.76. The molecule has 0 spiro atoms. The molecule has 0 bridgehead atoms. The molecule has 0 radical (unpaired) electrons. The minimum absolute atomic E-state index is 0.143. The van der Waals surface area contributed by atoms with E-state index in [1.54, 1.807) is 54.6 Å². The van der Waals surface area contributed by atoms with Gasteiger partial charge in [0.15, 0.2) is 0 Å². The number of alkyl halides is 2. The van der Waals surface area contributed by atoms with Crippen LogP contribution in [0, 0.1) is 11.7 Å². The zero-order valence-corrected chi connectivity index (χ0v) is 24.9. The molecule has 2 amide bonds. The molecular weight excluding hydrogens is 571 g/mol. The lowest BCUT2D eigenvalue weighted by Crippen LogP contribution is -2.43. The van der Waals surface area contributed by atoms with E-state index in [1.165, 1.54) is 6.07 Å². The Morgan fingerprint density at radius 1 is 1.05 bits per heavy atom. The van der Waals surface area contributed by atoms with E-state index in [0.29, 0.717) is 47.1 Å². The van der Waals surface area contributed by atoms with E-state index in [1.807, 2.05) is 25.7 Å². The van der Waals surface area contributed by atoms with Gasteiger partial charge in [-0.1, -0.05) is 38.1 Å². The summed E-state index contributed by atoms with van der Waals surface area (Å²) < 4.78 is 49.9. The Bertz CT molecular complexity index is 1550. The molecule has 1 aromatic heterocycles. The van der Waals surface area contributed by atoms with Crippen molar-refractivity contribution in [1.82, 2.24) is 20.6 Å². The maximum atomic E-state index is 16.2. The van der Waals surface area contributed by atoms with E-state index in [2.05, 4.69) is 31.3 Å². The van der Waals surface area contributed by atoms with Gasteiger partial charge in [-0.25, -0.2) is 18.0 Å². The van der Waals surface area contributed by atoms with E-state index in [9.17, 15) is 13.6 Å². The Morgan fingerprint density at radius 2 is 1.75 bits per heavy atom. The molecule has 1 aliphatic carbocycles. The molecule has 0 saturated heterocycles. The highest BCUT2D eigenvalue weighted by atomic mass is 19.3. The zero-order chi connectivity index (χ0) is 31.3. The molecule has 3 aromatic carbocycles. The number of carbonyl (C=O) groups excluding carboxylic acids is 1. The fraction of sp³-hybridized carbons (Fsp3) is 0.375. The van der Waals surface area contributed by atoms with Gasteiger partial charge in [-0.2, -0.15) is 5.21 Å². The van der Waals surface area contributed by atoms with E-state index in [0.717, 1.165) is 0 Å². The Balaban J connectivity index is 1.55. The molecule has 1 fully saturated rings. The van der Waals surface area contributed by atoms with Crippen molar-refractivity contribution in [2.75, 3.05) is 28.7 Å². The van der Waals surface area contributed by atoms with Crippen LogP contribution in [0.25, 0.3) is 22.5 Å².